The van der Waals surface area contributed by atoms with E-state index in [9.17, 15) is 13.2 Å². The smallest absolute Gasteiger partial charge is 0.167 e. The highest BCUT2D eigenvalue weighted by molar-refractivity contribution is 5.65. The van der Waals surface area contributed by atoms with Gasteiger partial charge in [-0.1, -0.05) is 49.1 Å². The van der Waals surface area contributed by atoms with Gasteiger partial charge in [-0.3, -0.25) is 0 Å². The van der Waals surface area contributed by atoms with Gasteiger partial charge in [0.2, 0.25) is 0 Å². The van der Waals surface area contributed by atoms with Gasteiger partial charge in [0.15, 0.2) is 11.6 Å². The van der Waals surface area contributed by atoms with E-state index in [-0.39, 0.29) is 29.7 Å². The van der Waals surface area contributed by atoms with Crippen molar-refractivity contribution < 1.29 is 22.6 Å². The Balaban J connectivity index is 1.48. The molecule has 1 aliphatic heterocycles. The average molecular weight is 382 g/mol. The number of halogens is 3. The highest BCUT2D eigenvalue weighted by atomic mass is 19.2. The van der Waals surface area contributed by atoms with Gasteiger partial charge < -0.3 is 9.47 Å². The van der Waals surface area contributed by atoms with Crippen molar-refractivity contribution in [2.45, 2.75) is 12.7 Å². The second kappa shape index (κ2) is 7.52. The van der Waals surface area contributed by atoms with E-state index in [1.807, 2.05) is 0 Å². The van der Waals surface area contributed by atoms with Crippen molar-refractivity contribution >= 4 is 6.08 Å². The lowest BCUT2D eigenvalue weighted by molar-refractivity contribution is 0.300. The molecule has 1 aliphatic rings. The van der Waals surface area contributed by atoms with E-state index in [1.165, 1.54) is 6.07 Å². The molecular formula is C23H17F3O2. The molecule has 1 fully saturated rings. The molecule has 0 bridgehead atoms. The minimum Gasteiger partial charge on any atom is -0.489 e. The summed E-state index contributed by atoms with van der Waals surface area (Å²) in [6, 6.07) is 14.4. The van der Waals surface area contributed by atoms with Crippen molar-refractivity contribution in [2.75, 3.05) is 6.61 Å². The number of ether oxygens (including phenoxy) is 2. The molecule has 0 amide bonds. The Kier molecular flexibility index (Phi) is 4.92. The van der Waals surface area contributed by atoms with Crippen molar-refractivity contribution in [2.24, 2.45) is 0 Å². The van der Waals surface area contributed by atoms with Crippen molar-refractivity contribution in [3.8, 4) is 16.9 Å². The van der Waals surface area contributed by atoms with E-state index in [2.05, 4.69) is 6.58 Å². The van der Waals surface area contributed by atoms with E-state index < -0.39 is 11.6 Å². The Morgan fingerprint density at radius 2 is 1.75 bits per heavy atom. The van der Waals surface area contributed by atoms with Gasteiger partial charge in [0.05, 0.1) is 6.61 Å². The lowest BCUT2D eigenvalue weighted by atomic mass is 10.0. The molecule has 28 heavy (non-hydrogen) atoms. The van der Waals surface area contributed by atoms with Crippen LogP contribution in [0.5, 0.6) is 5.75 Å². The van der Waals surface area contributed by atoms with Gasteiger partial charge >= 0.3 is 0 Å². The fourth-order valence-electron chi connectivity index (χ4n) is 2.96. The predicted octanol–water partition coefficient (Wildman–Crippen LogP) is 6.06. The van der Waals surface area contributed by atoms with E-state index >= 15 is 0 Å². The molecule has 1 heterocycles. The highest BCUT2D eigenvalue weighted by Crippen LogP contribution is 2.36. The summed E-state index contributed by atoms with van der Waals surface area (Å²) < 4.78 is 53.2. The van der Waals surface area contributed by atoms with Crippen LogP contribution in [0, 0.1) is 17.5 Å². The molecule has 0 aliphatic carbocycles. The molecule has 3 aromatic carbocycles. The third kappa shape index (κ3) is 3.66. The molecule has 4 rings (SSSR count). The Hall–Kier alpha value is -3.05. The average Bonchev–Trinajstić information content (AvgIpc) is 3.55. The van der Waals surface area contributed by atoms with Gasteiger partial charge in [-0.25, -0.2) is 13.2 Å². The molecule has 0 radical (unpaired) electrons. The summed E-state index contributed by atoms with van der Waals surface area (Å²) >= 11 is 0. The second-order valence-corrected chi connectivity index (χ2v) is 6.52. The first-order valence-electron chi connectivity index (χ1n) is 8.80. The molecule has 1 saturated heterocycles. The Morgan fingerprint density at radius 1 is 1.00 bits per heavy atom. The Bertz CT molecular complexity index is 1020. The summed E-state index contributed by atoms with van der Waals surface area (Å²) in [5, 5.41) is 0. The molecule has 0 saturated carbocycles. The van der Waals surface area contributed by atoms with E-state index in [0.717, 1.165) is 0 Å². The highest BCUT2D eigenvalue weighted by Gasteiger charge is 2.30. The first-order chi connectivity index (χ1) is 13.6. The number of epoxide rings is 1. The quantitative estimate of drug-likeness (QED) is 0.483. The summed E-state index contributed by atoms with van der Waals surface area (Å²) in [5.41, 5.74) is 2.04. The fourth-order valence-corrected chi connectivity index (χ4v) is 2.96. The summed E-state index contributed by atoms with van der Waals surface area (Å²) in [6.07, 6.45) is 1.22. The summed E-state index contributed by atoms with van der Waals surface area (Å²) in [6.45, 7) is 4.07. The molecular weight excluding hydrogens is 365 g/mol. The Morgan fingerprint density at radius 3 is 2.39 bits per heavy atom. The van der Waals surface area contributed by atoms with Gasteiger partial charge in [0.1, 0.15) is 24.3 Å². The van der Waals surface area contributed by atoms with Crippen molar-refractivity contribution in [3.05, 3.63) is 95.3 Å². The van der Waals surface area contributed by atoms with Crippen molar-refractivity contribution in [1.82, 2.24) is 0 Å². The van der Waals surface area contributed by atoms with Crippen LogP contribution in [-0.4, -0.2) is 6.61 Å². The van der Waals surface area contributed by atoms with Gasteiger partial charge in [-0.15, -0.1) is 0 Å². The molecule has 142 valence electrons. The Labute approximate surface area is 160 Å². The van der Waals surface area contributed by atoms with Gasteiger partial charge in [-0.2, -0.15) is 0 Å². The van der Waals surface area contributed by atoms with Gasteiger partial charge in [0, 0.05) is 16.7 Å². The number of rotatable bonds is 6. The van der Waals surface area contributed by atoms with Gasteiger partial charge in [-0.05, 0) is 29.3 Å². The van der Waals surface area contributed by atoms with Crippen molar-refractivity contribution in [3.63, 3.8) is 0 Å². The topological polar surface area (TPSA) is 21.8 Å². The molecule has 5 heteroatoms. The van der Waals surface area contributed by atoms with Crippen LogP contribution in [0.2, 0.25) is 0 Å². The fraction of sp³-hybridized carbons (Fsp3) is 0.130. The number of benzene rings is 3. The van der Waals surface area contributed by atoms with Crippen LogP contribution in [0.1, 0.15) is 22.8 Å². The summed E-state index contributed by atoms with van der Waals surface area (Å²) in [5.74, 6) is -1.64. The maximum Gasteiger partial charge on any atom is 0.167 e. The second-order valence-electron chi connectivity index (χ2n) is 6.52. The van der Waals surface area contributed by atoms with Crippen LogP contribution in [-0.2, 0) is 11.3 Å². The maximum absolute atomic E-state index is 14.4. The standard InChI is InChI=1S/C23H17F3O2/c1-2-14-3-4-16(20(24)11-14)12-27-17-7-5-15(6-8-17)18-9-10-19(21-13-28-21)23(26)22(18)25/h2-11,21H,1,12-13H2. The van der Waals surface area contributed by atoms with Crippen LogP contribution in [0.25, 0.3) is 17.2 Å². The molecule has 2 nitrogen and oxygen atoms in total. The van der Waals surface area contributed by atoms with Crippen LogP contribution in [0.3, 0.4) is 0 Å². The summed E-state index contributed by atoms with van der Waals surface area (Å²) in [7, 11) is 0. The normalized spacial score (nSPS) is 15.3. The molecule has 0 spiro atoms. The minimum absolute atomic E-state index is 0.0572. The zero-order chi connectivity index (χ0) is 19.7. The first-order valence-corrected chi connectivity index (χ1v) is 8.80. The van der Waals surface area contributed by atoms with Crippen LogP contribution in [0.15, 0.2) is 61.2 Å². The molecule has 1 unspecified atom stereocenters. The van der Waals surface area contributed by atoms with Gasteiger partial charge in [0.25, 0.3) is 0 Å². The molecule has 1 atom stereocenters. The van der Waals surface area contributed by atoms with E-state index in [0.29, 0.717) is 29.0 Å². The lowest BCUT2D eigenvalue weighted by Crippen LogP contribution is -1.99. The van der Waals surface area contributed by atoms with Crippen LogP contribution < -0.4 is 4.74 Å². The van der Waals surface area contributed by atoms with E-state index in [4.69, 9.17) is 9.47 Å². The number of hydrogen-bond donors (Lipinski definition) is 0. The predicted molar refractivity (Wildman–Crippen MR) is 101 cm³/mol. The largest absolute Gasteiger partial charge is 0.489 e. The molecule has 0 N–H and O–H groups in total. The molecule has 3 aromatic rings. The zero-order valence-electron chi connectivity index (χ0n) is 14.9. The lowest BCUT2D eigenvalue weighted by Gasteiger charge is -2.10. The maximum atomic E-state index is 14.4. The third-order valence-electron chi connectivity index (χ3n) is 4.66. The SMILES string of the molecule is C=Cc1ccc(COc2ccc(-c3ccc(C4CO4)c(F)c3F)cc2)c(F)c1. The van der Waals surface area contributed by atoms with E-state index in [1.54, 1.807) is 54.6 Å². The summed E-state index contributed by atoms with van der Waals surface area (Å²) in [4.78, 5) is 0. The minimum atomic E-state index is -0.897. The van der Waals surface area contributed by atoms with Crippen LogP contribution in [0.4, 0.5) is 13.2 Å². The molecule has 0 aromatic heterocycles. The first kappa shape index (κ1) is 18.3. The van der Waals surface area contributed by atoms with Crippen LogP contribution >= 0.6 is 0 Å². The zero-order valence-corrected chi connectivity index (χ0v) is 14.9. The third-order valence-corrected chi connectivity index (χ3v) is 4.66. The van der Waals surface area contributed by atoms with Crippen molar-refractivity contribution in [1.29, 1.82) is 0 Å². The number of hydrogen-bond acceptors (Lipinski definition) is 2. The monoisotopic (exact) mass is 382 g/mol.